The van der Waals surface area contributed by atoms with Crippen LogP contribution in [-0.4, -0.2) is 24.1 Å². The van der Waals surface area contributed by atoms with Gasteiger partial charge in [-0.25, -0.2) is 4.98 Å². The SMILES string of the molecule is NC1CCC2CN(c3cc(C(F)(F)F)ccn3)CC12. The van der Waals surface area contributed by atoms with Gasteiger partial charge in [0.15, 0.2) is 0 Å². The molecule has 3 rings (SSSR count). The lowest BCUT2D eigenvalue weighted by molar-refractivity contribution is -0.137. The minimum absolute atomic E-state index is 0.181. The van der Waals surface area contributed by atoms with Crippen molar-refractivity contribution in [2.75, 3.05) is 18.0 Å². The first-order valence-electron chi connectivity index (χ1n) is 6.49. The van der Waals surface area contributed by atoms with E-state index >= 15 is 0 Å². The summed E-state index contributed by atoms with van der Waals surface area (Å²) in [4.78, 5) is 6.01. The van der Waals surface area contributed by atoms with Gasteiger partial charge in [0.2, 0.25) is 0 Å². The first kappa shape index (κ1) is 12.7. The number of alkyl halides is 3. The minimum Gasteiger partial charge on any atom is -0.356 e. The predicted molar refractivity (Wildman–Crippen MR) is 65.6 cm³/mol. The van der Waals surface area contributed by atoms with Gasteiger partial charge in [0.05, 0.1) is 5.56 Å². The minimum atomic E-state index is -4.32. The topological polar surface area (TPSA) is 42.1 Å². The van der Waals surface area contributed by atoms with Crippen LogP contribution < -0.4 is 10.6 Å². The zero-order valence-corrected chi connectivity index (χ0v) is 10.4. The number of hydrogen-bond donors (Lipinski definition) is 1. The van der Waals surface area contributed by atoms with Crippen LogP contribution in [0.4, 0.5) is 19.0 Å². The molecule has 0 aromatic carbocycles. The second kappa shape index (κ2) is 4.37. The van der Waals surface area contributed by atoms with E-state index in [0.29, 0.717) is 17.7 Å². The molecule has 2 heterocycles. The standard InChI is InChI=1S/C13H16F3N3/c14-13(15,16)9-3-4-18-12(5-9)19-6-8-1-2-11(17)10(8)7-19/h3-5,8,10-11H,1-2,6-7,17H2. The Hall–Kier alpha value is -1.30. The monoisotopic (exact) mass is 271 g/mol. The summed E-state index contributed by atoms with van der Waals surface area (Å²) >= 11 is 0. The van der Waals surface area contributed by atoms with E-state index in [1.807, 2.05) is 4.90 Å². The smallest absolute Gasteiger partial charge is 0.356 e. The summed E-state index contributed by atoms with van der Waals surface area (Å²) in [5, 5.41) is 0. The van der Waals surface area contributed by atoms with Crippen LogP contribution in [0, 0.1) is 11.8 Å². The van der Waals surface area contributed by atoms with Gasteiger partial charge in [0.1, 0.15) is 5.82 Å². The second-order valence-electron chi connectivity index (χ2n) is 5.47. The molecule has 3 atom stereocenters. The van der Waals surface area contributed by atoms with Crippen LogP contribution in [0.15, 0.2) is 18.3 Å². The zero-order valence-electron chi connectivity index (χ0n) is 10.4. The highest BCUT2D eigenvalue weighted by atomic mass is 19.4. The molecule has 3 nitrogen and oxygen atoms in total. The first-order chi connectivity index (χ1) is 8.95. The number of nitrogens with zero attached hydrogens (tertiary/aromatic N) is 2. The van der Waals surface area contributed by atoms with Crippen LogP contribution in [-0.2, 0) is 6.18 Å². The van der Waals surface area contributed by atoms with Crippen molar-refractivity contribution in [3.8, 4) is 0 Å². The molecule has 6 heteroatoms. The number of anilines is 1. The third kappa shape index (κ3) is 2.29. The number of rotatable bonds is 1. The van der Waals surface area contributed by atoms with Gasteiger partial charge in [0.25, 0.3) is 0 Å². The highest BCUT2D eigenvalue weighted by Gasteiger charge is 2.41. The van der Waals surface area contributed by atoms with Gasteiger partial charge in [-0.1, -0.05) is 0 Å². The van der Waals surface area contributed by atoms with Crippen molar-refractivity contribution < 1.29 is 13.2 Å². The second-order valence-corrected chi connectivity index (χ2v) is 5.47. The summed E-state index contributed by atoms with van der Waals surface area (Å²) in [6, 6.07) is 2.32. The van der Waals surface area contributed by atoms with Crippen LogP contribution in [0.2, 0.25) is 0 Å². The quantitative estimate of drug-likeness (QED) is 0.852. The number of hydrogen-bond acceptors (Lipinski definition) is 3. The molecule has 1 aliphatic carbocycles. The fourth-order valence-corrected chi connectivity index (χ4v) is 3.26. The van der Waals surface area contributed by atoms with E-state index in [1.54, 1.807) is 0 Å². The van der Waals surface area contributed by atoms with Gasteiger partial charge < -0.3 is 10.6 Å². The highest BCUT2D eigenvalue weighted by Crippen LogP contribution is 2.39. The Labute approximate surface area is 109 Å². The maximum atomic E-state index is 12.7. The molecule has 0 radical (unpaired) electrons. The van der Waals surface area contributed by atoms with Crippen molar-refractivity contribution in [2.24, 2.45) is 17.6 Å². The molecule has 0 amide bonds. The van der Waals surface area contributed by atoms with E-state index in [-0.39, 0.29) is 6.04 Å². The largest absolute Gasteiger partial charge is 0.416 e. The Balaban J connectivity index is 1.81. The number of pyridine rings is 1. The van der Waals surface area contributed by atoms with Crippen LogP contribution in [0.3, 0.4) is 0 Å². The lowest BCUT2D eigenvalue weighted by Gasteiger charge is -2.20. The molecule has 2 N–H and O–H groups in total. The van der Waals surface area contributed by atoms with Crippen molar-refractivity contribution in [1.82, 2.24) is 4.98 Å². The fraction of sp³-hybridized carbons (Fsp3) is 0.615. The summed E-state index contributed by atoms with van der Waals surface area (Å²) in [5.74, 6) is 1.32. The molecule has 0 bridgehead atoms. The lowest BCUT2D eigenvalue weighted by Crippen LogP contribution is -2.30. The molecule has 104 valence electrons. The molecule has 3 unspecified atom stereocenters. The predicted octanol–water partition coefficient (Wildman–Crippen LogP) is 2.27. The normalized spacial score (nSPS) is 30.7. The van der Waals surface area contributed by atoms with E-state index in [9.17, 15) is 13.2 Å². The molecule has 1 aromatic rings. The molecule has 1 saturated carbocycles. The highest BCUT2D eigenvalue weighted by molar-refractivity contribution is 5.43. The van der Waals surface area contributed by atoms with Gasteiger partial charge in [-0.3, -0.25) is 0 Å². The molecule has 0 spiro atoms. The Morgan fingerprint density at radius 1 is 1.26 bits per heavy atom. The van der Waals surface area contributed by atoms with E-state index < -0.39 is 11.7 Å². The Morgan fingerprint density at radius 3 is 2.74 bits per heavy atom. The van der Waals surface area contributed by atoms with Gasteiger partial charge in [-0.05, 0) is 36.8 Å². The van der Waals surface area contributed by atoms with Gasteiger partial charge in [-0.2, -0.15) is 13.2 Å². The van der Waals surface area contributed by atoms with Gasteiger partial charge in [-0.15, -0.1) is 0 Å². The summed E-state index contributed by atoms with van der Waals surface area (Å²) in [5.41, 5.74) is 5.39. The summed E-state index contributed by atoms with van der Waals surface area (Å²) in [6.07, 6.45) is -0.990. The van der Waals surface area contributed by atoms with Crippen LogP contribution >= 0.6 is 0 Å². The lowest BCUT2D eigenvalue weighted by atomic mass is 9.98. The van der Waals surface area contributed by atoms with Gasteiger partial charge in [0, 0.05) is 25.3 Å². The molecule has 2 aliphatic rings. The van der Waals surface area contributed by atoms with E-state index in [1.165, 1.54) is 6.20 Å². The molecule has 1 aromatic heterocycles. The molecule has 1 aliphatic heterocycles. The Bertz CT molecular complexity index is 474. The van der Waals surface area contributed by atoms with Crippen molar-refractivity contribution in [1.29, 1.82) is 0 Å². The van der Waals surface area contributed by atoms with Crippen LogP contribution in [0.5, 0.6) is 0 Å². The summed E-state index contributed by atoms with van der Waals surface area (Å²) in [6.45, 7) is 1.49. The van der Waals surface area contributed by atoms with E-state index in [4.69, 9.17) is 5.73 Å². The average molecular weight is 271 g/mol. The van der Waals surface area contributed by atoms with Crippen molar-refractivity contribution in [3.63, 3.8) is 0 Å². The fourth-order valence-electron chi connectivity index (χ4n) is 3.26. The number of halogens is 3. The molecule has 1 saturated heterocycles. The first-order valence-corrected chi connectivity index (χ1v) is 6.49. The number of aromatic nitrogens is 1. The van der Waals surface area contributed by atoms with E-state index in [0.717, 1.165) is 38.1 Å². The number of nitrogens with two attached hydrogens (primary N) is 1. The Kier molecular flexibility index (Phi) is 2.92. The third-order valence-corrected chi connectivity index (χ3v) is 4.31. The van der Waals surface area contributed by atoms with Crippen molar-refractivity contribution in [2.45, 2.75) is 25.1 Å². The summed E-state index contributed by atoms with van der Waals surface area (Å²) < 4.78 is 38.0. The molecular formula is C13H16F3N3. The maximum absolute atomic E-state index is 12.7. The Morgan fingerprint density at radius 2 is 2.05 bits per heavy atom. The average Bonchev–Trinajstić information content (AvgIpc) is 2.91. The third-order valence-electron chi connectivity index (χ3n) is 4.31. The number of fused-ring (bicyclic) bond motifs is 1. The van der Waals surface area contributed by atoms with Gasteiger partial charge >= 0.3 is 6.18 Å². The van der Waals surface area contributed by atoms with E-state index in [2.05, 4.69) is 4.98 Å². The molecule has 2 fully saturated rings. The van der Waals surface area contributed by atoms with Crippen molar-refractivity contribution in [3.05, 3.63) is 23.9 Å². The zero-order chi connectivity index (χ0) is 13.6. The molecule has 19 heavy (non-hydrogen) atoms. The van der Waals surface area contributed by atoms with Crippen LogP contribution in [0.1, 0.15) is 18.4 Å². The van der Waals surface area contributed by atoms with Crippen LogP contribution in [0.25, 0.3) is 0 Å². The van der Waals surface area contributed by atoms with Crippen molar-refractivity contribution >= 4 is 5.82 Å². The summed E-state index contributed by atoms with van der Waals surface area (Å²) in [7, 11) is 0. The maximum Gasteiger partial charge on any atom is 0.416 e. The molecular weight excluding hydrogens is 255 g/mol.